The van der Waals surface area contributed by atoms with Gasteiger partial charge in [-0.05, 0) is 31.0 Å². The number of hydrogen-bond acceptors (Lipinski definition) is 2. The van der Waals surface area contributed by atoms with Crippen molar-refractivity contribution in [3.63, 3.8) is 0 Å². The van der Waals surface area contributed by atoms with Gasteiger partial charge in [0, 0.05) is 18.1 Å². The van der Waals surface area contributed by atoms with Crippen molar-refractivity contribution in [1.82, 2.24) is 4.98 Å². The van der Waals surface area contributed by atoms with Crippen LogP contribution in [0.5, 0.6) is 0 Å². The van der Waals surface area contributed by atoms with Crippen molar-refractivity contribution in [2.24, 2.45) is 0 Å². The Morgan fingerprint density at radius 3 is 2.89 bits per heavy atom. The molecular weight excluding hydrogens is 283 g/mol. The van der Waals surface area contributed by atoms with E-state index < -0.39 is 6.86 Å². The summed E-state index contributed by atoms with van der Waals surface area (Å²) in [5.74, 6) is 0. The molecule has 0 spiro atoms. The van der Waals surface area contributed by atoms with E-state index in [1.54, 1.807) is 0 Å². The van der Waals surface area contributed by atoms with E-state index in [1.807, 2.05) is 18.8 Å². The molecule has 0 saturated heterocycles. The summed E-state index contributed by atoms with van der Waals surface area (Å²) in [5.41, 5.74) is 3.49. The molecule has 2 aromatic rings. The number of fused-ring (bicyclic) bond motifs is 3. The van der Waals surface area contributed by atoms with Crippen LogP contribution in [0.15, 0.2) is 30.5 Å². The zero-order chi connectivity index (χ0) is 12.8. The van der Waals surface area contributed by atoms with Crippen LogP contribution in [0, 0.1) is 0 Å². The van der Waals surface area contributed by atoms with Crippen LogP contribution in [0.25, 0.3) is 10.9 Å². The van der Waals surface area contributed by atoms with Crippen molar-refractivity contribution in [3.8, 4) is 0 Å². The monoisotopic (exact) mass is 296 g/mol. The van der Waals surface area contributed by atoms with Gasteiger partial charge in [0.15, 0.2) is 0 Å². The number of nitrogens with zero attached hydrogens (tertiary/aromatic N) is 2. The van der Waals surface area contributed by atoms with Gasteiger partial charge in [-0.15, -0.1) is 22.2 Å². The Balaban J connectivity index is 2.28. The molecule has 1 aliphatic rings. The third kappa shape index (κ3) is 2.00. The summed E-state index contributed by atoms with van der Waals surface area (Å²) >= 11 is 12.9. The Labute approximate surface area is 117 Å². The van der Waals surface area contributed by atoms with E-state index in [-0.39, 0.29) is 0 Å². The lowest BCUT2D eigenvalue weighted by Crippen LogP contribution is -2.45. The number of aromatic nitrogens is 1. The first-order valence-corrected chi connectivity index (χ1v) is 10.6. The van der Waals surface area contributed by atoms with Gasteiger partial charge in [0.25, 0.3) is 0 Å². The molecule has 5 heteroatoms. The SMILES string of the molecule is C[Si](Cl)(Cl)N1CCCc2ccc3cccnc3c21. The summed E-state index contributed by atoms with van der Waals surface area (Å²) in [6.07, 6.45) is 4.01. The Bertz CT molecular complexity index is 595. The maximum Gasteiger partial charge on any atom is 0.349 e. The van der Waals surface area contributed by atoms with E-state index in [0.29, 0.717) is 0 Å². The summed E-state index contributed by atoms with van der Waals surface area (Å²) in [6, 6.07) is 8.35. The zero-order valence-electron chi connectivity index (χ0n) is 10.2. The molecule has 0 aliphatic carbocycles. The van der Waals surface area contributed by atoms with E-state index in [9.17, 15) is 0 Å². The predicted molar refractivity (Wildman–Crippen MR) is 80.7 cm³/mol. The van der Waals surface area contributed by atoms with Crippen molar-refractivity contribution < 1.29 is 0 Å². The van der Waals surface area contributed by atoms with Gasteiger partial charge < -0.3 is 4.57 Å². The van der Waals surface area contributed by atoms with Crippen LogP contribution in [0.2, 0.25) is 6.55 Å². The molecule has 2 heterocycles. The Morgan fingerprint density at radius 2 is 2.11 bits per heavy atom. The molecule has 1 aromatic carbocycles. The van der Waals surface area contributed by atoms with Crippen LogP contribution >= 0.6 is 22.2 Å². The van der Waals surface area contributed by atoms with Crippen molar-refractivity contribution in [3.05, 3.63) is 36.0 Å². The van der Waals surface area contributed by atoms with E-state index in [0.717, 1.165) is 36.0 Å². The first kappa shape index (κ1) is 12.3. The summed E-state index contributed by atoms with van der Waals surface area (Å²) in [5, 5.41) is 1.15. The number of rotatable bonds is 1. The number of aryl methyl sites for hydroxylation is 1. The van der Waals surface area contributed by atoms with Gasteiger partial charge in [-0.2, -0.15) is 0 Å². The molecule has 0 N–H and O–H groups in total. The van der Waals surface area contributed by atoms with Gasteiger partial charge in [0.2, 0.25) is 0 Å². The normalized spacial score (nSPS) is 15.8. The molecule has 2 nitrogen and oxygen atoms in total. The molecule has 0 fully saturated rings. The first-order valence-electron chi connectivity index (χ1n) is 6.09. The van der Waals surface area contributed by atoms with Gasteiger partial charge in [0.05, 0.1) is 11.2 Å². The molecule has 0 amide bonds. The summed E-state index contributed by atoms with van der Waals surface area (Å²) in [6.45, 7) is 0.493. The summed E-state index contributed by atoms with van der Waals surface area (Å²) in [4.78, 5) is 4.52. The van der Waals surface area contributed by atoms with E-state index in [2.05, 4.69) is 27.7 Å². The maximum atomic E-state index is 6.44. The van der Waals surface area contributed by atoms with Crippen LogP contribution in [0.4, 0.5) is 5.69 Å². The molecule has 18 heavy (non-hydrogen) atoms. The van der Waals surface area contributed by atoms with E-state index in [4.69, 9.17) is 22.2 Å². The fraction of sp³-hybridized carbons (Fsp3) is 0.308. The molecule has 0 bridgehead atoms. The minimum Gasteiger partial charge on any atom is -0.372 e. The fourth-order valence-corrected chi connectivity index (χ4v) is 4.81. The fourth-order valence-electron chi connectivity index (χ4n) is 2.61. The van der Waals surface area contributed by atoms with Gasteiger partial charge in [-0.1, -0.05) is 18.2 Å². The topological polar surface area (TPSA) is 16.1 Å². The van der Waals surface area contributed by atoms with Gasteiger partial charge in [0.1, 0.15) is 0 Å². The van der Waals surface area contributed by atoms with Gasteiger partial charge in [-0.3, -0.25) is 4.98 Å². The molecule has 3 rings (SSSR count). The third-order valence-electron chi connectivity index (χ3n) is 3.40. The van der Waals surface area contributed by atoms with Crippen molar-refractivity contribution in [1.29, 1.82) is 0 Å². The van der Waals surface area contributed by atoms with Gasteiger partial charge >= 0.3 is 6.86 Å². The minimum atomic E-state index is -2.39. The number of benzene rings is 1. The minimum absolute atomic E-state index is 0.929. The second-order valence-corrected chi connectivity index (χ2v) is 12.0. The van der Waals surface area contributed by atoms with Crippen LogP contribution in [-0.4, -0.2) is 18.4 Å². The summed E-state index contributed by atoms with van der Waals surface area (Å²) in [7, 11) is 0. The standard InChI is InChI=1S/C13H14Cl2N2Si/c1-18(14,15)17-9-3-5-11-7-6-10-4-2-8-16-12(10)13(11)17/h2,4,6-8H,3,5,9H2,1H3. The highest BCUT2D eigenvalue weighted by molar-refractivity contribution is 7.46. The first-order chi connectivity index (χ1) is 8.57. The van der Waals surface area contributed by atoms with Crippen LogP contribution in [0.3, 0.4) is 0 Å². The molecule has 94 valence electrons. The largest absolute Gasteiger partial charge is 0.372 e. The molecule has 1 aliphatic heterocycles. The number of halogens is 2. The van der Waals surface area contributed by atoms with E-state index in [1.165, 1.54) is 5.56 Å². The average molecular weight is 297 g/mol. The van der Waals surface area contributed by atoms with E-state index >= 15 is 0 Å². The molecule has 0 saturated carbocycles. The lowest BCUT2D eigenvalue weighted by molar-refractivity contribution is 0.787. The molecule has 1 aromatic heterocycles. The highest BCUT2D eigenvalue weighted by Crippen LogP contribution is 2.38. The summed E-state index contributed by atoms with van der Waals surface area (Å²) < 4.78 is 2.18. The number of hydrogen-bond donors (Lipinski definition) is 0. The van der Waals surface area contributed by atoms with Crippen LogP contribution in [0.1, 0.15) is 12.0 Å². The average Bonchev–Trinajstić information content (AvgIpc) is 2.36. The second-order valence-electron chi connectivity index (χ2n) is 4.75. The highest BCUT2D eigenvalue weighted by atomic mass is 35.7. The van der Waals surface area contributed by atoms with Crippen LogP contribution < -0.4 is 4.57 Å². The third-order valence-corrected chi connectivity index (χ3v) is 6.02. The van der Waals surface area contributed by atoms with Gasteiger partial charge in [-0.25, -0.2) is 0 Å². The Hall–Kier alpha value is -0.773. The van der Waals surface area contributed by atoms with Crippen LogP contribution in [-0.2, 0) is 6.42 Å². The smallest absolute Gasteiger partial charge is 0.349 e. The lowest BCUT2D eigenvalue weighted by Gasteiger charge is -2.37. The maximum absolute atomic E-state index is 6.44. The quantitative estimate of drug-likeness (QED) is 0.583. The molecule has 0 radical (unpaired) electrons. The number of anilines is 1. The zero-order valence-corrected chi connectivity index (χ0v) is 12.7. The Morgan fingerprint density at radius 1 is 1.28 bits per heavy atom. The highest BCUT2D eigenvalue weighted by Gasteiger charge is 2.35. The van der Waals surface area contributed by atoms with Crippen molar-refractivity contribution >= 4 is 45.6 Å². The predicted octanol–water partition coefficient (Wildman–Crippen LogP) is 4.03. The number of pyridine rings is 1. The Kier molecular flexibility index (Phi) is 3.00. The molecule has 0 unspecified atom stereocenters. The second kappa shape index (κ2) is 4.40. The van der Waals surface area contributed by atoms with Crippen molar-refractivity contribution in [2.45, 2.75) is 19.4 Å². The molecular formula is C13H14Cl2N2Si. The lowest BCUT2D eigenvalue weighted by atomic mass is 10.0. The van der Waals surface area contributed by atoms with Crippen molar-refractivity contribution in [2.75, 3.05) is 11.1 Å². The molecule has 0 atom stereocenters.